The largest absolute Gasteiger partial charge is 0.415 e. The monoisotopic (exact) mass is 374 g/mol. The quantitative estimate of drug-likeness (QED) is 0.548. The van der Waals surface area contributed by atoms with Crippen molar-refractivity contribution in [1.82, 2.24) is 10.2 Å². The molecule has 0 radical (unpaired) electrons. The number of hydrogen-bond donors (Lipinski definition) is 1. The molecule has 2 N–H and O–H groups in total. The zero-order chi connectivity index (χ0) is 19.3. The van der Waals surface area contributed by atoms with E-state index in [-0.39, 0.29) is 17.9 Å². The Labute approximate surface area is 163 Å². The Balaban J connectivity index is 1.58. The molecule has 140 valence electrons. The molecule has 0 amide bonds. The van der Waals surface area contributed by atoms with E-state index in [1.54, 1.807) is 12.1 Å². The van der Waals surface area contributed by atoms with Gasteiger partial charge < -0.3 is 9.73 Å². The van der Waals surface area contributed by atoms with Gasteiger partial charge in [0.15, 0.2) is 6.04 Å². The van der Waals surface area contributed by atoms with Crippen LogP contribution in [0.2, 0.25) is 0 Å². The number of nitrogens with zero attached hydrogens (tertiary/aromatic N) is 2. The molecule has 0 aliphatic carbocycles. The minimum atomic E-state index is -0.293. The first-order valence-electron chi connectivity index (χ1n) is 9.25. The van der Waals surface area contributed by atoms with E-state index in [1.807, 2.05) is 43.3 Å². The number of benzene rings is 3. The standard InChI is InChI=1S/C23H20FN3O/c1-16(22-26-27-23(28-22)19-12-14-20(24)15-13-19)25-21(17-8-4-2-5-9-17)18-10-6-3-7-11-18/h2-16,21,25H,1H3/p+1/t16-/m1/s1. The molecule has 0 spiro atoms. The van der Waals surface area contributed by atoms with Crippen molar-refractivity contribution < 1.29 is 14.1 Å². The fourth-order valence-electron chi connectivity index (χ4n) is 3.23. The Morgan fingerprint density at radius 3 is 1.93 bits per heavy atom. The van der Waals surface area contributed by atoms with Crippen LogP contribution in [0.3, 0.4) is 0 Å². The third-order valence-corrected chi connectivity index (χ3v) is 4.72. The normalized spacial score (nSPS) is 12.2. The van der Waals surface area contributed by atoms with Gasteiger partial charge in [0.25, 0.3) is 5.89 Å². The molecular formula is C23H21FN3O+. The first kappa shape index (κ1) is 18.1. The molecule has 1 atom stereocenters. The molecule has 1 aromatic heterocycles. The molecule has 0 saturated heterocycles. The van der Waals surface area contributed by atoms with Crippen LogP contribution < -0.4 is 5.32 Å². The predicted octanol–water partition coefficient (Wildman–Crippen LogP) is 4.29. The van der Waals surface area contributed by atoms with E-state index in [1.165, 1.54) is 23.3 Å². The molecule has 0 unspecified atom stereocenters. The van der Waals surface area contributed by atoms with Crippen molar-refractivity contribution >= 4 is 0 Å². The van der Waals surface area contributed by atoms with Gasteiger partial charge in [0.1, 0.15) is 11.9 Å². The fraction of sp³-hybridized carbons (Fsp3) is 0.130. The average Bonchev–Trinajstić information content (AvgIpc) is 3.24. The highest BCUT2D eigenvalue weighted by atomic mass is 19.1. The van der Waals surface area contributed by atoms with Gasteiger partial charge in [0.05, 0.1) is 0 Å². The van der Waals surface area contributed by atoms with Gasteiger partial charge in [-0.2, -0.15) is 0 Å². The second kappa shape index (κ2) is 8.15. The van der Waals surface area contributed by atoms with E-state index < -0.39 is 0 Å². The summed E-state index contributed by atoms with van der Waals surface area (Å²) in [5.74, 6) is 0.640. The van der Waals surface area contributed by atoms with Crippen molar-refractivity contribution in [2.45, 2.75) is 19.0 Å². The lowest BCUT2D eigenvalue weighted by Crippen LogP contribution is -2.86. The molecule has 3 aromatic carbocycles. The highest BCUT2D eigenvalue weighted by Gasteiger charge is 2.25. The van der Waals surface area contributed by atoms with Gasteiger partial charge in [0.2, 0.25) is 5.89 Å². The Bertz CT molecular complexity index is 977. The second-order valence-electron chi connectivity index (χ2n) is 6.73. The molecule has 4 rings (SSSR count). The van der Waals surface area contributed by atoms with Crippen molar-refractivity contribution in [3.63, 3.8) is 0 Å². The van der Waals surface area contributed by atoms with Crippen molar-refractivity contribution in [3.8, 4) is 11.5 Å². The van der Waals surface area contributed by atoms with Crippen LogP contribution in [0.15, 0.2) is 89.3 Å². The van der Waals surface area contributed by atoms with E-state index in [2.05, 4.69) is 39.8 Å². The molecule has 4 nitrogen and oxygen atoms in total. The lowest BCUT2D eigenvalue weighted by atomic mass is 9.98. The highest BCUT2D eigenvalue weighted by Crippen LogP contribution is 2.22. The van der Waals surface area contributed by atoms with Crippen LogP contribution in [-0.2, 0) is 0 Å². The SMILES string of the molecule is C[C@@H]([NH2+]C(c1ccccc1)c1ccccc1)c1nnc(-c2ccc(F)cc2)o1. The summed E-state index contributed by atoms with van der Waals surface area (Å²) in [6.07, 6.45) is 0. The van der Waals surface area contributed by atoms with Gasteiger partial charge >= 0.3 is 0 Å². The summed E-state index contributed by atoms with van der Waals surface area (Å²) in [5, 5.41) is 10.6. The number of aromatic nitrogens is 2. The molecule has 0 saturated carbocycles. The summed E-state index contributed by atoms with van der Waals surface area (Å²) >= 11 is 0. The molecule has 28 heavy (non-hydrogen) atoms. The van der Waals surface area contributed by atoms with Crippen LogP contribution in [0.5, 0.6) is 0 Å². The summed E-state index contributed by atoms with van der Waals surface area (Å²) in [6, 6.07) is 26.8. The predicted molar refractivity (Wildman–Crippen MR) is 105 cm³/mol. The Morgan fingerprint density at radius 1 is 0.786 bits per heavy atom. The molecular weight excluding hydrogens is 353 g/mol. The number of halogens is 1. The van der Waals surface area contributed by atoms with Crippen LogP contribution in [0, 0.1) is 5.82 Å². The van der Waals surface area contributed by atoms with Gasteiger partial charge in [-0.3, -0.25) is 0 Å². The van der Waals surface area contributed by atoms with Crippen LogP contribution in [0.1, 0.15) is 36.0 Å². The first-order valence-corrected chi connectivity index (χ1v) is 9.25. The zero-order valence-electron chi connectivity index (χ0n) is 15.5. The highest BCUT2D eigenvalue weighted by molar-refractivity contribution is 5.51. The molecule has 5 heteroatoms. The van der Waals surface area contributed by atoms with Crippen LogP contribution >= 0.6 is 0 Å². The van der Waals surface area contributed by atoms with E-state index in [0.29, 0.717) is 17.3 Å². The van der Waals surface area contributed by atoms with Crippen LogP contribution in [0.4, 0.5) is 4.39 Å². The van der Waals surface area contributed by atoms with Crippen molar-refractivity contribution in [2.24, 2.45) is 0 Å². The van der Waals surface area contributed by atoms with Gasteiger partial charge in [-0.25, -0.2) is 4.39 Å². The summed E-state index contributed by atoms with van der Waals surface area (Å²) in [7, 11) is 0. The van der Waals surface area contributed by atoms with E-state index in [0.717, 1.165) is 0 Å². The summed E-state index contributed by atoms with van der Waals surface area (Å²) in [6.45, 7) is 2.04. The number of quaternary nitrogens is 1. The Kier molecular flexibility index (Phi) is 5.26. The zero-order valence-corrected chi connectivity index (χ0v) is 15.5. The topological polar surface area (TPSA) is 55.5 Å². The smallest absolute Gasteiger partial charge is 0.274 e. The minimum Gasteiger partial charge on any atom is -0.415 e. The van der Waals surface area contributed by atoms with Crippen molar-refractivity contribution in [2.75, 3.05) is 0 Å². The maximum absolute atomic E-state index is 13.1. The van der Waals surface area contributed by atoms with Gasteiger partial charge in [-0.05, 0) is 31.2 Å². The number of hydrogen-bond acceptors (Lipinski definition) is 3. The molecule has 0 aliphatic heterocycles. The number of rotatable bonds is 6. The van der Waals surface area contributed by atoms with Crippen LogP contribution in [0.25, 0.3) is 11.5 Å². The van der Waals surface area contributed by atoms with Crippen LogP contribution in [-0.4, -0.2) is 10.2 Å². The minimum absolute atomic E-state index is 0.0490. The lowest BCUT2D eigenvalue weighted by molar-refractivity contribution is -0.725. The van der Waals surface area contributed by atoms with E-state index >= 15 is 0 Å². The molecule has 0 aliphatic rings. The van der Waals surface area contributed by atoms with Gasteiger partial charge in [-0.1, -0.05) is 60.7 Å². The molecule has 1 heterocycles. The fourth-order valence-corrected chi connectivity index (χ4v) is 3.23. The number of nitrogens with two attached hydrogens (primary N) is 1. The first-order chi connectivity index (χ1) is 13.7. The maximum Gasteiger partial charge on any atom is 0.274 e. The second-order valence-corrected chi connectivity index (χ2v) is 6.73. The van der Waals surface area contributed by atoms with Crippen molar-refractivity contribution in [1.29, 1.82) is 0 Å². The molecule has 0 bridgehead atoms. The van der Waals surface area contributed by atoms with E-state index in [4.69, 9.17) is 4.42 Å². The van der Waals surface area contributed by atoms with Gasteiger partial charge in [-0.15, -0.1) is 10.2 Å². The molecule has 4 aromatic rings. The average molecular weight is 374 g/mol. The Morgan fingerprint density at radius 2 is 1.36 bits per heavy atom. The third kappa shape index (κ3) is 4.00. The van der Waals surface area contributed by atoms with Gasteiger partial charge in [0, 0.05) is 16.7 Å². The Hall–Kier alpha value is -3.31. The maximum atomic E-state index is 13.1. The summed E-state index contributed by atoms with van der Waals surface area (Å²) in [5.41, 5.74) is 3.12. The summed E-state index contributed by atoms with van der Waals surface area (Å²) < 4.78 is 19.0. The third-order valence-electron chi connectivity index (χ3n) is 4.72. The molecule has 0 fully saturated rings. The lowest BCUT2D eigenvalue weighted by Gasteiger charge is -2.19. The summed E-state index contributed by atoms with van der Waals surface area (Å²) in [4.78, 5) is 0. The van der Waals surface area contributed by atoms with Crippen molar-refractivity contribution in [3.05, 3.63) is 108 Å². The van der Waals surface area contributed by atoms with E-state index in [9.17, 15) is 4.39 Å².